The van der Waals surface area contributed by atoms with Crippen LogP contribution in [0.5, 0.6) is 0 Å². The lowest BCUT2D eigenvalue weighted by atomic mass is 9.89. The van der Waals surface area contributed by atoms with Crippen LogP contribution < -0.4 is 11.1 Å². The zero-order valence-electron chi connectivity index (χ0n) is 11.8. The second-order valence-electron chi connectivity index (χ2n) is 5.11. The molecule has 3 N–H and O–H groups in total. The van der Waals surface area contributed by atoms with Crippen LogP contribution in [0.4, 0.5) is 0 Å². The van der Waals surface area contributed by atoms with Crippen molar-refractivity contribution in [2.75, 3.05) is 26.9 Å². The van der Waals surface area contributed by atoms with E-state index >= 15 is 0 Å². The van der Waals surface area contributed by atoms with Crippen molar-refractivity contribution in [1.82, 2.24) is 5.32 Å². The molecule has 1 aromatic carbocycles. The van der Waals surface area contributed by atoms with Gasteiger partial charge in [0.2, 0.25) is 0 Å². The topological polar surface area (TPSA) is 73.6 Å². The molecule has 1 atom stereocenters. The Labute approximate surface area is 119 Å². The van der Waals surface area contributed by atoms with Gasteiger partial charge in [-0.25, -0.2) is 0 Å². The summed E-state index contributed by atoms with van der Waals surface area (Å²) in [5.41, 5.74) is 6.32. The van der Waals surface area contributed by atoms with Crippen LogP contribution in [0.25, 0.3) is 0 Å². The van der Waals surface area contributed by atoms with Gasteiger partial charge < -0.3 is 20.5 Å². The number of carbonyl (C=O) groups excluding carboxylic acids is 1. The van der Waals surface area contributed by atoms with E-state index in [2.05, 4.69) is 5.32 Å². The minimum Gasteiger partial charge on any atom is -0.381 e. The molecule has 0 radical (unpaired) electrons. The van der Waals surface area contributed by atoms with E-state index in [1.807, 2.05) is 30.3 Å². The minimum absolute atomic E-state index is 0.147. The summed E-state index contributed by atoms with van der Waals surface area (Å²) in [5.74, 6) is -0.147. The van der Waals surface area contributed by atoms with E-state index in [-0.39, 0.29) is 11.4 Å². The second-order valence-corrected chi connectivity index (χ2v) is 5.11. The molecule has 2 rings (SSSR count). The second kappa shape index (κ2) is 6.83. The van der Waals surface area contributed by atoms with Crippen molar-refractivity contribution in [2.24, 2.45) is 5.73 Å². The van der Waals surface area contributed by atoms with E-state index in [0.717, 1.165) is 18.4 Å². The third-order valence-electron chi connectivity index (χ3n) is 3.81. The van der Waals surface area contributed by atoms with E-state index in [0.29, 0.717) is 19.8 Å². The maximum absolute atomic E-state index is 12.5. The van der Waals surface area contributed by atoms with Crippen LogP contribution in [-0.4, -0.2) is 38.3 Å². The van der Waals surface area contributed by atoms with Gasteiger partial charge in [0, 0.05) is 26.9 Å². The fourth-order valence-corrected chi connectivity index (χ4v) is 2.49. The van der Waals surface area contributed by atoms with Gasteiger partial charge in [0.15, 0.2) is 6.10 Å². The van der Waals surface area contributed by atoms with Gasteiger partial charge in [-0.1, -0.05) is 30.3 Å². The smallest absolute Gasteiger partial charge is 0.254 e. The monoisotopic (exact) mass is 278 g/mol. The fourth-order valence-electron chi connectivity index (χ4n) is 2.49. The molecular formula is C15H22N2O3. The average molecular weight is 278 g/mol. The molecule has 110 valence electrons. The summed E-state index contributed by atoms with van der Waals surface area (Å²) in [4.78, 5) is 12.5. The molecule has 1 saturated heterocycles. The van der Waals surface area contributed by atoms with E-state index in [9.17, 15) is 4.79 Å². The van der Waals surface area contributed by atoms with E-state index < -0.39 is 6.10 Å². The van der Waals surface area contributed by atoms with Crippen molar-refractivity contribution in [2.45, 2.75) is 24.5 Å². The van der Waals surface area contributed by atoms with Crippen molar-refractivity contribution >= 4 is 5.91 Å². The molecular weight excluding hydrogens is 256 g/mol. The van der Waals surface area contributed by atoms with Gasteiger partial charge in [-0.3, -0.25) is 4.79 Å². The summed E-state index contributed by atoms with van der Waals surface area (Å²) in [6.45, 7) is 1.66. The summed E-state index contributed by atoms with van der Waals surface area (Å²) in [5, 5.41) is 3.06. The molecule has 1 amide bonds. The zero-order chi connectivity index (χ0) is 14.4. The Kier molecular flexibility index (Phi) is 5.11. The van der Waals surface area contributed by atoms with Gasteiger partial charge in [-0.15, -0.1) is 0 Å². The van der Waals surface area contributed by atoms with Crippen molar-refractivity contribution in [3.05, 3.63) is 35.9 Å². The first kappa shape index (κ1) is 15.0. The van der Waals surface area contributed by atoms with E-state index in [1.54, 1.807) is 0 Å². The van der Waals surface area contributed by atoms with Gasteiger partial charge in [0.05, 0.1) is 5.54 Å². The number of ether oxygens (including phenoxy) is 2. The predicted molar refractivity (Wildman–Crippen MR) is 76.2 cm³/mol. The average Bonchev–Trinajstić information content (AvgIpc) is 2.50. The maximum Gasteiger partial charge on any atom is 0.254 e. The molecule has 1 heterocycles. The quantitative estimate of drug-likeness (QED) is 0.842. The highest BCUT2D eigenvalue weighted by Gasteiger charge is 2.35. The van der Waals surface area contributed by atoms with Crippen molar-refractivity contribution in [3.63, 3.8) is 0 Å². The van der Waals surface area contributed by atoms with Crippen LogP contribution in [0.15, 0.2) is 30.3 Å². The number of amides is 1. The van der Waals surface area contributed by atoms with Gasteiger partial charge in [0.25, 0.3) is 5.91 Å². The Bertz CT molecular complexity index is 430. The standard InChI is InChI=1S/C15H22N2O3/c1-19-13(12-5-3-2-4-6-12)14(18)17-15(11-16)7-9-20-10-8-15/h2-6,13H,7-11,16H2,1H3,(H,17,18). The molecule has 1 aliphatic rings. The molecule has 0 aromatic heterocycles. The molecule has 0 spiro atoms. The summed E-state index contributed by atoms with van der Waals surface area (Å²) in [7, 11) is 1.54. The van der Waals surface area contributed by atoms with Crippen LogP contribution in [0.3, 0.4) is 0 Å². The normalized spacial score (nSPS) is 19.3. The number of methoxy groups -OCH3 is 1. The number of nitrogens with one attached hydrogen (secondary N) is 1. The number of carbonyl (C=O) groups is 1. The van der Waals surface area contributed by atoms with Gasteiger partial charge in [-0.05, 0) is 18.4 Å². The molecule has 0 saturated carbocycles. The number of hydrogen-bond acceptors (Lipinski definition) is 4. The van der Waals surface area contributed by atoms with Crippen molar-refractivity contribution in [3.8, 4) is 0 Å². The van der Waals surface area contributed by atoms with E-state index in [1.165, 1.54) is 7.11 Å². The highest BCUT2D eigenvalue weighted by molar-refractivity contribution is 5.83. The van der Waals surface area contributed by atoms with Crippen molar-refractivity contribution in [1.29, 1.82) is 0 Å². The molecule has 0 bridgehead atoms. The van der Waals surface area contributed by atoms with Crippen LogP contribution >= 0.6 is 0 Å². The third-order valence-corrected chi connectivity index (χ3v) is 3.81. The predicted octanol–water partition coefficient (Wildman–Crippen LogP) is 0.998. The molecule has 1 aliphatic heterocycles. The molecule has 0 aliphatic carbocycles. The Hall–Kier alpha value is -1.43. The molecule has 20 heavy (non-hydrogen) atoms. The molecule has 1 aromatic rings. The first-order valence-electron chi connectivity index (χ1n) is 6.88. The summed E-state index contributed by atoms with van der Waals surface area (Å²) in [6, 6.07) is 9.46. The van der Waals surface area contributed by atoms with Gasteiger partial charge in [0.1, 0.15) is 0 Å². The Morgan fingerprint density at radius 1 is 1.40 bits per heavy atom. The zero-order valence-corrected chi connectivity index (χ0v) is 11.8. The fraction of sp³-hybridized carbons (Fsp3) is 0.533. The van der Waals surface area contributed by atoms with Crippen LogP contribution in [0.1, 0.15) is 24.5 Å². The summed E-state index contributed by atoms with van der Waals surface area (Å²) >= 11 is 0. The molecule has 1 unspecified atom stereocenters. The van der Waals surface area contributed by atoms with Crippen molar-refractivity contribution < 1.29 is 14.3 Å². The largest absolute Gasteiger partial charge is 0.381 e. The summed E-state index contributed by atoms with van der Waals surface area (Å²) < 4.78 is 10.7. The number of hydrogen-bond donors (Lipinski definition) is 2. The Morgan fingerprint density at radius 3 is 2.60 bits per heavy atom. The van der Waals surface area contributed by atoms with Crippen LogP contribution in [-0.2, 0) is 14.3 Å². The highest BCUT2D eigenvalue weighted by Crippen LogP contribution is 2.23. The molecule has 5 heteroatoms. The highest BCUT2D eigenvalue weighted by atomic mass is 16.5. The number of benzene rings is 1. The first-order valence-corrected chi connectivity index (χ1v) is 6.88. The molecule has 5 nitrogen and oxygen atoms in total. The number of nitrogens with two attached hydrogens (primary N) is 1. The van der Waals surface area contributed by atoms with Gasteiger partial charge >= 0.3 is 0 Å². The maximum atomic E-state index is 12.5. The van der Waals surface area contributed by atoms with E-state index in [4.69, 9.17) is 15.2 Å². The summed E-state index contributed by atoms with van der Waals surface area (Å²) in [6.07, 6.45) is 0.864. The first-order chi connectivity index (χ1) is 9.71. The lowest BCUT2D eigenvalue weighted by molar-refractivity contribution is -0.134. The van der Waals surface area contributed by atoms with Crippen LogP contribution in [0.2, 0.25) is 0 Å². The Morgan fingerprint density at radius 2 is 2.05 bits per heavy atom. The SMILES string of the molecule is COC(C(=O)NC1(CN)CCOCC1)c1ccccc1. The van der Waals surface area contributed by atoms with Crippen LogP contribution in [0, 0.1) is 0 Å². The van der Waals surface area contributed by atoms with Gasteiger partial charge in [-0.2, -0.15) is 0 Å². The lowest BCUT2D eigenvalue weighted by Gasteiger charge is -2.37. The lowest BCUT2D eigenvalue weighted by Crippen LogP contribution is -2.57. The number of rotatable bonds is 5. The minimum atomic E-state index is -0.609. The third kappa shape index (κ3) is 3.36. The molecule has 1 fully saturated rings. The Balaban J connectivity index is 2.09.